The van der Waals surface area contributed by atoms with Crippen LogP contribution in [-0.4, -0.2) is 19.1 Å². The number of fused-ring (bicyclic) bond motifs is 13. The fourth-order valence-corrected chi connectivity index (χ4v) is 16.9. The van der Waals surface area contributed by atoms with Gasteiger partial charge in [-0.25, -0.2) is 4.98 Å². The Hall–Kier alpha value is -13.2. The molecule has 494 valence electrons. The minimum absolute atomic E-state index is 0.0999. The number of anilines is 6. The summed E-state index contributed by atoms with van der Waals surface area (Å²) in [6.07, 6.45) is 5.64. The van der Waals surface area contributed by atoms with E-state index in [2.05, 4.69) is 385 Å². The standard InChI is InChI=1S/C50H37N3.C48H35N3/c1-50(2)46-19-8-6-17-42(46)43-27-26-41(32-47(43)50)52(40-16-10-12-35(30-40)37-13-11-29-51-33-37)39-24-21-34(22-25-39)36-23-28-49-45(31-36)44-18-7-9-20-48(44)53(49)38-14-4-3-5-15-38;1-48(2)42-20-10-8-17-37(42)38-25-24-34(31-43(38)48)51(47-22-12-13-29-49-47)45-28-26-35(36-16-6-7-18-39(36)45)32-23-27-46-41(30-32)40-19-9-11-21-44(40)50(46)33-14-4-3-5-15-33/h3-33H,1-2H3;3-31H,1-2H3. The molecular formula is C98H72N6. The van der Waals surface area contributed by atoms with Gasteiger partial charge in [0, 0.05) is 96.0 Å². The number of nitrogens with zero attached hydrogens (tertiary/aromatic N) is 6. The van der Waals surface area contributed by atoms with E-state index in [-0.39, 0.29) is 10.8 Å². The highest BCUT2D eigenvalue weighted by atomic mass is 15.2. The maximum atomic E-state index is 4.90. The van der Waals surface area contributed by atoms with E-state index in [0.29, 0.717) is 0 Å². The van der Waals surface area contributed by atoms with E-state index in [9.17, 15) is 0 Å². The van der Waals surface area contributed by atoms with E-state index in [1.807, 2.05) is 30.7 Å². The molecule has 0 bridgehead atoms. The Morgan fingerprint density at radius 3 is 1.32 bits per heavy atom. The molecule has 104 heavy (non-hydrogen) atoms. The van der Waals surface area contributed by atoms with Crippen molar-refractivity contribution in [1.29, 1.82) is 0 Å². The zero-order valence-electron chi connectivity index (χ0n) is 58.3. The van der Waals surface area contributed by atoms with Gasteiger partial charge in [0.15, 0.2) is 0 Å². The summed E-state index contributed by atoms with van der Waals surface area (Å²) in [6.45, 7) is 9.37. The topological polar surface area (TPSA) is 42.1 Å². The normalized spacial score (nSPS) is 13.0. The molecule has 18 aromatic rings. The Morgan fingerprint density at radius 2 is 0.721 bits per heavy atom. The predicted molar refractivity (Wildman–Crippen MR) is 435 cm³/mol. The smallest absolute Gasteiger partial charge is 0.137 e. The minimum atomic E-state index is -0.105. The molecule has 4 aromatic heterocycles. The lowest BCUT2D eigenvalue weighted by atomic mass is 9.82. The van der Waals surface area contributed by atoms with Gasteiger partial charge in [-0.05, 0) is 211 Å². The molecule has 6 nitrogen and oxygen atoms in total. The summed E-state index contributed by atoms with van der Waals surface area (Å²) in [4.78, 5) is 14.0. The molecule has 0 atom stereocenters. The molecule has 0 saturated carbocycles. The molecular weight excluding hydrogens is 1260 g/mol. The van der Waals surface area contributed by atoms with Gasteiger partial charge in [-0.2, -0.15) is 0 Å². The van der Waals surface area contributed by atoms with Crippen molar-refractivity contribution in [1.82, 2.24) is 19.1 Å². The highest BCUT2D eigenvalue weighted by molar-refractivity contribution is 6.13. The third-order valence-electron chi connectivity index (χ3n) is 21.9. The van der Waals surface area contributed by atoms with Gasteiger partial charge in [0.25, 0.3) is 0 Å². The Morgan fingerprint density at radius 1 is 0.260 bits per heavy atom. The van der Waals surface area contributed by atoms with Crippen LogP contribution in [0, 0.1) is 0 Å². The molecule has 2 aliphatic carbocycles. The molecule has 0 amide bonds. The van der Waals surface area contributed by atoms with Crippen molar-refractivity contribution in [3.05, 3.63) is 387 Å². The van der Waals surface area contributed by atoms with Gasteiger partial charge in [0.1, 0.15) is 5.82 Å². The van der Waals surface area contributed by atoms with Crippen LogP contribution in [0.3, 0.4) is 0 Å². The van der Waals surface area contributed by atoms with Gasteiger partial charge in [0.05, 0.1) is 27.8 Å². The number of hydrogen-bond acceptors (Lipinski definition) is 4. The summed E-state index contributed by atoms with van der Waals surface area (Å²) in [7, 11) is 0. The number of benzene rings is 14. The highest BCUT2D eigenvalue weighted by Gasteiger charge is 2.38. The van der Waals surface area contributed by atoms with E-state index in [1.54, 1.807) is 0 Å². The SMILES string of the molecule is CC1(C)c2ccccc2-c2ccc(N(c3ccc(-c4ccc5c(c4)c4ccccc4n5-c4ccccc4)cc3)c3cccc(-c4cccnc4)c3)cc21.CC1(C)c2ccccc2-c2ccc(N(c3ccccn3)c3ccc(-c4ccc5c(c4)c4ccccc4n5-c4ccccc4)c4ccccc34)cc21. The monoisotopic (exact) mass is 1330 g/mol. The molecule has 6 heteroatoms. The van der Waals surface area contributed by atoms with Crippen LogP contribution in [-0.2, 0) is 10.8 Å². The fraction of sp³-hybridized carbons (Fsp3) is 0.0612. The first kappa shape index (κ1) is 61.9. The second-order valence-electron chi connectivity index (χ2n) is 28.5. The quantitative estimate of drug-likeness (QED) is 0.129. The van der Waals surface area contributed by atoms with E-state index in [1.165, 1.54) is 133 Å². The van der Waals surface area contributed by atoms with Crippen molar-refractivity contribution >= 4 is 88.6 Å². The molecule has 14 aromatic carbocycles. The fourth-order valence-electron chi connectivity index (χ4n) is 16.9. The largest absolute Gasteiger partial charge is 0.310 e. The van der Waals surface area contributed by atoms with Crippen LogP contribution in [0.15, 0.2) is 364 Å². The maximum absolute atomic E-state index is 4.90. The van der Waals surface area contributed by atoms with Gasteiger partial charge < -0.3 is 14.0 Å². The van der Waals surface area contributed by atoms with Crippen molar-refractivity contribution < 1.29 is 0 Å². The van der Waals surface area contributed by atoms with Crippen LogP contribution in [0.1, 0.15) is 49.9 Å². The second-order valence-corrected chi connectivity index (χ2v) is 28.5. The van der Waals surface area contributed by atoms with Crippen molar-refractivity contribution in [2.24, 2.45) is 0 Å². The summed E-state index contributed by atoms with van der Waals surface area (Å²) in [5.74, 6) is 0.888. The Kier molecular flexibility index (Phi) is 14.8. The van der Waals surface area contributed by atoms with Gasteiger partial charge in [-0.1, -0.05) is 240 Å². The van der Waals surface area contributed by atoms with Crippen LogP contribution in [0.25, 0.3) is 121 Å². The highest BCUT2D eigenvalue weighted by Crippen LogP contribution is 2.54. The van der Waals surface area contributed by atoms with Crippen LogP contribution >= 0.6 is 0 Å². The van der Waals surface area contributed by atoms with Crippen LogP contribution in [0.5, 0.6) is 0 Å². The molecule has 0 unspecified atom stereocenters. The van der Waals surface area contributed by atoms with Crippen LogP contribution < -0.4 is 9.80 Å². The lowest BCUT2D eigenvalue weighted by Gasteiger charge is -2.28. The molecule has 0 spiro atoms. The molecule has 0 aliphatic heterocycles. The van der Waals surface area contributed by atoms with Crippen molar-refractivity contribution in [3.63, 3.8) is 0 Å². The lowest BCUT2D eigenvalue weighted by Crippen LogP contribution is -2.17. The van der Waals surface area contributed by atoms with Gasteiger partial charge >= 0.3 is 0 Å². The molecule has 2 aliphatic rings. The zero-order valence-corrected chi connectivity index (χ0v) is 58.3. The number of rotatable bonds is 11. The van der Waals surface area contributed by atoms with Crippen molar-refractivity contribution in [2.75, 3.05) is 9.80 Å². The van der Waals surface area contributed by atoms with Gasteiger partial charge in [-0.3, -0.25) is 9.88 Å². The second kappa shape index (κ2) is 24.9. The number of aromatic nitrogens is 4. The van der Waals surface area contributed by atoms with Crippen LogP contribution in [0.4, 0.5) is 34.3 Å². The summed E-state index contributed by atoms with van der Waals surface area (Å²) in [6, 6.07) is 126. The Labute approximate surface area is 606 Å². The maximum Gasteiger partial charge on any atom is 0.137 e. The molecule has 0 fully saturated rings. The summed E-state index contributed by atoms with van der Waals surface area (Å²) >= 11 is 0. The molecule has 0 saturated heterocycles. The predicted octanol–water partition coefficient (Wildman–Crippen LogP) is 26.1. The van der Waals surface area contributed by atoms with E-state index in [0.717, 1.165) is 45.4 Å². The Balaban J connectivity index is 0.000000143. The van der Waals surface area contributed by atoms with E-state index in [4.69, 9.17) is 4.98 Å². The summed E-state index contributed by atoms with van der Waals surface area (Å²) < 4.78 is 4.74. The van der Waals surface area contributed by atoms with E-state index < -0.39 is 0 Å². The summed E-state index contributed by atoms with van der Waals surface area (Å²) in [5.41, 5.74) is 30.2. The zero-order chi connectivity index (χ0) is 69.6. The number of pyridine rings is 2. The molecule has 20 rings (SSSR count). The molecule has 0 radical (unpaired) electrons. The minimum Gasteiger partial charge on any atom is -0.310 e. The van der Waals surface area contributed by atoms with E-state index >= 15 is 0 Å². The first-order chi connectivity index (χ1) is 51.1. The first-order valence-electron chi connectivity index (χ1n) is 35.9. The van der Waals surface area contributed by atoms with Crippen LogP contribution in [0.2, 0.25) is 0 Å². The van der Waals surface area contributed by atoms with Gasteiger partial charge in [-0.15, -0.1) is 0 Å². The number of hydrogen-bond donors (Lipinski definition) is 0. The summed E-state index contributed by atoms with van der Waals surface area (Å²) in [5, 5.41) is 7.39. The molecule has 0 N–H and O–H groups in total. The average Bonchev–Trinajstić information content (AvgIpc) is 1.57. The number of para-hydroxylation sites is 4. The third kappa shape index (κ3) is 10.2. The van der Waals surface area contributed by atoms with Gasteiger partial charge in [0.2, 0.25) is 0 Å². The Bertz CT molecular complexity index is 6350. The average molecular weight is 1330 g/mol. The third-order valence-corrected chi connectivity index (χ3v) is 21.9. The molecule has 4 heterocycles. The van der Waals surface area contributed by atoms with Crippen molar-refractivity contribution in [3.8, 4) is 67.0 Å². The van der Waals surface area contributed by atoms with Crippen molar-refractivity contribution in [2.45, 2.75) is 38.5 Å². The first-order valence-corrected chi connectivity index (χ1v) is 35.9. The lowest BCUT2D eigenvalue weighted by molar-refractivity contribution is 0.660.